The van der Waals surface area contributed by atoms with Crippen LogP contribution in [-0.4, -0.2) is 89.4 Å². The zero-order valence-electron chi connectivity index (χ0n) is 17.8. The molecule has 0 spiro atoms. The second-order valence-electron chi connectivity index (χ2n) is 8.22. The van der Waals surface area contributed by atoms with Gasteiger partial charge in [-0.1, -0.05) is 5.75 Å². The number of ether oxygens (including phenoxy) is 1. The molecule has 1 saturated heterocycles. The van der Waals surface area contributed by atoms with Crippen LogP contribution in [0, 0.1) is 6.92 Å². The van der Waals surface area contributed by atoms with Crippen LogP contribution in [-0.2, 0) is 4.74 Å². The Morgan fingerprint density at radius 2 is 1.60 bits per heavy atom. The predicted molar refractivity (Wildman–Crippen MR) is 109 cm³/mol. The number of aliphatic hydroxyl groups excluding tert-OH is 4. The van der Waals surface area contributed by atoms with Crippen LogP contribution in [0.2, 0.25) is 0 Å². The molecule has 0 aromatic heterocycles. The number of aromatic carboxylic acids is 1. The van der Waals surface area contributed by atoms with Crippen molar-refractivity contribution in [2.45, 2.75) is 37.4 Å². The van der Waals surface area contributed by atoms with Gasteiger partial charge >= 0.3 is 5.97 Å². The van der Waals surface area contributed by atoms with Crippen LogP contribution in [0.5, 0.6) is 23.0 Å². The van der Waals surface area contributed by atoms with Gasteiger partial charge in [0.1, 0.15) is 41.8 Å². The number of hydrogen-bond donors (Lipinski definition) is 8. The Balaban J connectivity index is 1.99. The fourth-order valence-electron chi connectivity index (χ4n) is 4.56. The van der Waals surface area contributed by atoms with E-state index >= 15 is 0 Å². The van der Waals surface area contributed by atoms with Crippen molar-refractivity contribution >= 4 is 17.5 Å². The van der Waals surface area contributed by atoms with E-state index in [0.29, 0.717) is 6.07 Å². The van der Waals surface area contributed by atoms with E-state index in [-0.39, 0.29) is 5.56 Å². The Bertz CT molecular complexity index is 1300. The molecule has 0 unspecified atom stereocenters. The molecule has 0 bridgehead atoms. The SMILES string of the molecule is Cc1c(C(=O)O)c(O)cc2c1C(=O)c1c([O-])c([C@@H]3O[C@@H](CO)[C@H](O)[C@@H](O)[C@@H]3O)c(O)c(O)c1C2=O. The Morgan fingerprint density at radius 3 is 2.17 bits per heavy atom. The van der Waals surface area contributed by atoms with Crippen molar-refractivity contribution in [3.05, 3.63) is 45.0 Å². The number of fused-ring (bicyclic) bond motifs is 2. The van der Waals surface area contributed by atoms with Gasteiger partial charge < -0.3 is 50.7 Å². The maximum absolute atomic E-state index is 13.4. The fourth-order valence-corrected chi connectivity index (χ4v) is 4.56. The molecule has 2 aromatic carbocycles. The lowest BCUT2D eigenvalue weighted by molar-refractivity contribution is -0.277. The summed E-state index contributed by atoms with van der Waals surface area (Å²) >= 11 is 0. The zero-order valence-corrected chi connectivity index (χ0v) is 17.8. The summed E-state index contributed by atoms with van der Waals surface area (Å²) in [4.78, 5) is 38.0. The number of ketones is 2. The molecule has 8 N–H and O–H groups in total. The molecule has 35 heavy (non-hydrogen) atoms. The molecule has 0 amide bonds. The zero-order chi connectivity index (χ0) is 26.1. The minimum absolute atomic E-state index is 0.335. The number of rotatable bonds is 3. The standard InChI is InChI=1S/C22H20O13/c1-4-8-5(2-6(24)9(4)22(33)34)13(25)10-11(15(8)27)16(28)12(18(30)17(10)29)21-20(32)19(31)14(26)7(3-23)35-21/h2,7,14,19-21,23-24,26,28-32H,3H2,1H3,(H,33,34)/p-1/t7-,14-,19+,20-,21-/m0/s1. The number of carbonyl (C=O) groups is 3. The average molecular weight is 491 g/mol. The number of phenols is 3. The second-order valence-corrected chi connectivity index (χ2v) is 8.22. The second kappa shape index (κ2) is 8.18. The van der Waals surface area contributed by atoms with Crippen molar-refractivity contribution in [1.29, 1.82) is 0 Å². The van der Waals surface area contributed by atoms with Crippen molar-refractivity contribution in [2.24, 2.45) is 0 Å². The van der Waals surface area contributed by atoms with E-state index in [1.807, 2.05) is 0 Å². The van der Waals surface area contributed by atoms with E-state index in [0.717, 1.165) is 6.92 Å². The van der Waals surface area contributed by atoms with Gasteiger partial charge in [0, 0.05) is 22.3 Å². The number of benzene rings is 2. The summed E-state index contributed by atoms with van der Waals surface area (Å²) in [6.07, 6.45) is -9.30. The molecule has 186 valence electrons. The van der Waals surface area contributed by atoms with Gasteiger partial charge in [0.05, 0.1) is 12.2 Å². The monoisotopic (exact) mass is 491 g/mol. The molecule has 1 heterocycles. The van der Waals surface area contributed by atoms with Crippen molar-refractivity contribution in [3.63, 3.8) is 0 Å². The highest BCUT2D eigenvalue weighted by atomic mass is 16.5. The molecular formula is C22H19O13-. The largest absolute Gasteiger partial charge is 0.872 e. The molecule has 2 aliphatic rings. The van der Waals surface area contributed by atoms with Gasteiger partial charge in [-0.25, -0.2) is 4.79 Å². The lowest BCUT2D eigenvalue weighted by atomic mass is 9.77. The third-order valence-corrected chi connectivity index (χ3v) is 6.31. The molecule has 1 fully saturated rings. The summed E-state index contributed by atoms with van der Waals surface area (Å²) in [6.45, 7) is 0.250. The number of carbonyl (C=O) groups excluding carboxylic acids is 2. The molecule has 4 rings (SSSR count). The molecule has 1 aliphatic heterocycles. The first-order valence-corrected chi connectivity index (χ1v) is 10.1. The van der Waals surface area contributed by atoms with Gasteiger partial charge in [0.25, 0.3) is 0 Å². The van der Waals surface area contributed by atoms with E-state index in [2.05, 4.69) is 0 Å². The van der Waals surface area contributed by atoms with Gasteiger partial charge in [-0.3, -0.25) is 9.59 Å². The summed E-state index contributed by atoms with van der Waals surface area (Å²) in [7, 11) is 0. The highest BCUT2D eigenvalue weighted by molar-refractivity contribution is 6.31. The van der Waals surface area contributed by atoms with Gasteiger partial charge in [0.2, 0.25) is 0 Å². The summed E-state index contributed by atoms with van der Waals surface area (Å²) in [5, 5.41) is 93.7. The van der Waals surface area contributed by atoms with E-state index < -0.39 is 111 Å². The van der Waals surface area contributed by atoms with Crippen molar-refractivity contribution < 1.29 is 65.1 Å². The van der Waals surface area contributed by atoms with Gasteiger partial charge in [0.15, 0.2) is 23.1 Å². The third-order valence-electron chi connectivity index (χ3n) is 6.31. The normalized spacial score (nSPS) is 25.8. The Hall–Kier alpha value is -3.75. The van der Waals surface area contributed by atoms with Crippen LogP contribution < -0.4 is 5.11 Å². The first-order chi connectivity index (χ1) is 16.3. The highest BCUT2D eigenvalue weighted by Crippen LogP contribution is 2.51. The molecule has 5 atom stereocenters. The maximum Gasteiger partial charge on any atom is 0.339 e. The average Bonchev–Trinajstić information content (AvgIpc) is 2.79. The highest BCUT2D eigenvalue weighted by Gasteiger charge is 2.47. The van der Waals surface area contributed by atoms with Crippen LogP contribution >= 0.6 is 0 Å². The van der Waals surface area contributed by atoms with Gasteiger partial charge in [-0.15, -0.1) is 0 Å². The Labute approximate surface area is 195 Å². The summed E-state index contributed by atoms with van der Waals surface area (Å²) in [5.74, 6) is -8.72. The summed E-state index contributed by atoms with van der Waals surface area (Å²) in [5.41, 5.74) is -4.89. The Morgan fingerprint density at radius 1 is 0.971 bits per heavy atom. The number of aliphatic hydroxyl groups is 4. The number of aromatic hydroxyl groups is 3. The van der Waals surface area contributed by atoms with Crippen molar-refractivity contribution in [1.82, 2.24) is 0 Å². The molecule has 2 aromatic rings. The molecule has 1 aliphatic carbocycles. The van der Waals surface area contributed by atoms with Crippen LogP contribution in [0.15, 0.2) is 6.07 Å². The molecule has 13 heteroatoms. The minimum atomic E-state index is -2.07. The molecular weight excluding hydrogens is 472 g/mol. The topological polar surface area (TPSA) is 245 Å². The smallest absolute Gasteiger partial charge is 0.339 e. The quantitative estimate of drug-likeness (QED) is 0.188. The minimum Gasteiger partial charge on any atom is -0.872 e. The van der Waals surface area contributed by atoms with Crippen LogP contribution in [0.25, 0.3) is 0 Å². The fraction of sp³-hybridized carbons (Fsp3) is 0.318. The lowest BCUT2D eigenvalue weighted by Crippen LogP contribution is -2.55. The maximum atomic E-state index is 13.4. The number of carboxylic acid groups (broad SMARTS) is 1. The van der Waals surface area contributed by atoms with Crippen LogP contribution in [0.1, 0.15) is 59.4 Å². The number of phenolic OH excluding ortho intramolecular Hbond substituents is 2. The van der Waals surface area contributed by atoms with E-state index in [9.17, 15) is 60.3 Å². The lowest BCUT2D eigenvalue weighted by Gasteiger charge is -2.42. The predicted octanol–water partition coefficient (Wildman–Crippen LogP) is -1.83. The van der Waals surface area contributed by atoms with Gasteiger partial charge in [-0.05, 0) is 18.6 Å². The summed E-state index contributed by atoms with van der Waals surface area (Å²) in [6, 6.07) is 0.696. The van der Waals surface area contributed by atoms with E-state index in [4.69, 9.17) is 4.74 Å². The number of hydrogen-bond acceptors (Lipinski definition) is 12. The van der Waals surface area contributed by atoms with Crippen molar-refractivity contribution in [3.8, 4) is 23.0 Å². The van der Waals surface area contributed by atoms with Gasteiger partial charge in [-0.2, -0.15) is 0 Å². The van der Waals surface area contributed by atoms with E-state index in [1.165, 1.54) is 0 Å². The third kappa shape index (κ3) is 3.25. The molecule has 0 radical (unpaired) electrons. The number of carboxylic acids is 1. The van der Waals surface area contributed by atoms with Crippen LogP contribution in [0.3, 0.4) is 0 Å². The Kier molecular flexibility index (Phi) is 5.70. The first kappa shape index (κ1) is 24.4. The van der Waals surface area contributed by atoms with E-state index in [1.54, 1.807) is 0 Å². The molecule has 13 nitrogen and oxygen atoms in total. The van der Waals surface area contributed by atoms with Crippen LogP contribution in [0.4, 0.5) is 0 Å². The van der Waals surface area contributed by atoms with Crippen molar-refractivity contribution in [2.75, 3.05) is 6.61 Å². The first-order valence-electron chi connectivity index (χ1n) is 10.1. The summed E-state index contributed by atoms with van der Waals surface area (Å²) < 4.78 is 5.26. The molecule has 0 saturated carbocycles.